The van der Waals surface area contributed by atoms with E-state index in [4.69, 9.17) is 4.74 Å². The Morgan fingerprint density at radius 1 is 1.31 bits per heavy atom. The Morgan fingerprint density at radius 3 is 2.56 bits per heavy atom. The molecule has 2 heteroatoms. The van der Waals surface area contributed by atoms with Crippen LogP contribution in [0.25, 0.3) is 0 Å². The van der Waals surface area contributed by atoms with E-state index in [2.05, 4.69) is 20.8 Å². The Kier molecular flexibility index (Phi) is 6.37. The lowest BCUT2D eigenvalue weighted by Gasteiger charge is -2.36. The summed E-state index contributed by atoms with van der Waals surface area (Å²) >= 11 is 0. The number of aliphatic hydroxyl groups is 1. The summed E-state index contributed by atoms with van der Waals surface area (Å²) in [5, 5.41) is 9.96. The van der Waals surface area contributed by atoms with Gasteiger partial charge in [0.05, 0.1) is 12.2 Å². The number of aliphatic hydroxyl groups excluding tert-OH is 1. The van der Waals surface area contributed by atoms with E-state index in [0.717, 1.165) is 32.3 Å². The summed E-state index contributed by atoms with van der Waals surface area (Å²) in [6.07, 6.45) is 7.14. The Labute approximate surface area is 100 Å². The van der Waals surface area contributed by atoms with Crippen LogP contribution in [0, 0.1) is 11.8 Å². The third-order valence-electron chi connectivity index (χ3n) is 3.66. The van der Waals surface area contributed by atoms with Gasteiger partial charge >= 0.3 is 0 Å². The van der Waals surface area contributed by atoms with Crippen LogP contribution in [-0.4, -0.2) is 23.9 Å². The molecule has 96 valence electrons. The second-order valence-electron chi connectivity index (χ2n) is 5.43. The molecular weight excluding hydrogens is 200 g/mol. The Bertz CT molecular complexity index is 176. The summed E-state index contributed by atoms with van der Waals surface area (Å²) in [6, 6.07) is 0. The van der Waals surface area contributed by atoms with Crippen LogP contribution < -0.4 is 0 Å². The molecule has 0 heterocycles. The minimum absolute atomic E-state index is 0.0888. The summed E-state index contributed by atoms with van der Waals surface area (Å²) in [5.74, 6) is 1.38. The second kappa shape index (κ2) is 7.29. The first kappa shape index (κ1) is 14.0. The van der Waals surface area contributed by atoms with E-state index in [1.54, 1.807) is 0 Å². The van der Waals surface area contributed by atoms with Crippen molar-refractivity contribution in [2.75, 3.05) is 6.61 Å². The smallest absolute Gasteiger partial charge is 0.0580 e. The highest BCUT2D eigenvalue weighted by atomic mass is 16.5. The lowest BCUT2D eigenvalue weighted by Crippen LogP contribution is -2.33. The van der Waals surface area contributed by atoms with Crippen LogP contribution in [0.15, 0.2) is 0 Å². The van der Waals surface area contributed by atoms with Gasteiger partial charge in [-0.25, -0.2) is 0 Å². The standard InChI is InChI=1S/C14H28O2/c1-4-6-11(3)7-13(15)8-12-9-14(10-12)16-5-2/h11-15H,4-10H2,1-3H3. The zero-order valence-corrected chi connectivity index (χ0v) is 11.1. The second-order valence-corrected chi connectivity index (χ2v) is 5.43. The fourth-order valence-corrected chi connectivity index (χ4v) is 2.79. The molecule has 1 N–H and O–H groups in total. The number of hydrogen-bond donors (Lipinski definition) is 1. The zero-order valence-electron chi connectivity index (χ0n) is 11.1. The predicted octanol–water partition coefficient (Wildman–Crippen LogP) is 3.38. The first-order valence-electron chi connectivity index (χ1n) is 6.95. The molecule has 0 amide bonds. The monoisotopic (exact) mass is 228 g/mol. The van der Waals surface area contributed by atoms with Crippen molar-refractivity contribution in [3.63, 3.8) is 0 Å². The van der Waals surface area contributed by atoms with Gasteiger partial charge in [-0.15, -0.1) is 0 Å². The number of ether oxygens (including phenoxy) is 1. The van der Waals surface area contributed by atoms with Crippen molar-refractivity contribution in [1.82, 2.24) is 0 Å². The molecule has 0 aromatic rings. The molecule has 16 heavy (non-hydrogen) atoms. The number of hydrogen-bond acceptors (Lipinski definition) is 2. The molecule has 0 aromatic carbocycles. The van der Waals surface area contributed by atoms with Crippen LogP contribution in [-0.2, 0) is 4.74 Å². The van der Waals surface area contributed by atoms with E-state index in [0.29, 0.717) is 17.9 Å². The molecule has 0 radical (unpaired) electrons. The van der Waals surface area contributed by atoms with Crippen molar-refractivity contribution in [2.24, 2.45) is 11.8 Å². The van der Waals surface area contributed by atoms with Crippen LogP contribution in [0.2, 0.25) is 0 Å². The fraction of sp³-hybridized carbons (Fsp3) is 1.00. The lowest BCUT2D eigenvalue weighted by atomic mass is 9.77. The Hall–Kier alpha value is -0.0800. The van der Waals surface area contributed by atoms with E-state index < -0.39 is 0 Å². The highest BCUT2D eigenvalue weighted by Gasteiger charge is 2.31. The van der Waals surface area contributed by atoms with Crippen LogP contribution in [0.5, 0.6) is 0 Å². The molecule has 0 spiro atoms. The van der Waals surface area contributed by atoms with Crippen molar-refractivity contribution in [2.45, 2.75) is 71.5 Å². The van der Waals surface area contributed by atoms with Gasteiger partial charge in [-0.05, 0) is 44.4 Å². The fourth-order valence-electron chi connectivity index (χ4n) is 2.79. The summed E-state index contributed by atoms with van der Waals surface area (Å²) in [5.41, 5.74) is 0. The Balaban J connectivity index is 2.05. The minimum atomic E-state index is -0.0888. The van der Waals surface area contributed by atoms with Crippen molar-refractivity contribution in [3.8, 4) is 0 Å². The van der Waals surface area contributed by atoms with Crippen LogP contribution in [0.3, 0.4) is 0 Å². The molecule has 0 aromatic heterocycles. The normalized spacial score (nSPS) is 28.5. The molecule has 0 aliphatic heterocycles. The van der Waals surface area contributed by atoms with Crippen LogP contribution in [0.1, 0.15) is 59.3 Å². The summed E-state index contributed by atoms with van der Waals surface area (Å²) < 4.78 is 5.53. The van der Waals surface area contributed by atoms with Gasteiger partial charge in [-0.1, -0.05) is 26.7 Å². The highest BCUT2D eigenvalue weighted by Crippen LogP contribution is 2.34. The summed E-state index contributed by atoms with van der Waals surface area (Å²) in [6.45, 7) is 7.33. The van der Waals surface area contributed by atoms with Gasteiger partial charge in [-0.2, -0.15) is 0 Å². The zero-order chi connectivity index (χ0) is 12.0. The molecule has 1 aliphatic carbocycles. The van der Waals surface area contributed by atoms with Gasteiger partial charge in [0, 0.05) is 6.61 Å². The van der Waals surface area contributed by atoms with E-state index in [-0.39, 0.29) is 6.10 Å². The Morgan fingerprint density at radius 2 is 2.00 bits per heavy atom. The van der Waals surface area contributed by atoms with E-state index >= 15 is 0 Å². The maximum Gasteiger partial charge on any atom is 0.0580 e. The molecule has 0 saturated heterocycles. The maximum atomic E-state index is 9.96. The maximum absolute atomic E-state index is 9.96. The van der Waals surface area contributed by atoms with E-state index in [1.165, 1.54) is 12.8 Å². The predicted molar refractivity (Wildman–Crippen MR) is 67.5 cm³/mol. The first-order valence-corrected chi connectivity index (χ1v) is 6.95. The number of rotatable bonds is 8. The van der Waals surface area contributed by atoms with Crippen molar-refractivity contribution in [1.29, 1.82) is 0 Å². The molecule has 2 nitrogen and oxygen atoms in total. The van der Waals surface area contributed by atoms with Gasteiger partial charge in [0.15, 0.2) is 0 Å². The minimum Gasteiger partial charge on any atom is -0.393 e. The third-order valence-corrected chi connectivity index (χ3v) is 3.66. The van der Waals surface area contributed by atoms with Gasteiger partial charge in [-0.3, -0.25) is 0 Å². The van der Waals surface area contributed by atoms with Gasteiger partial charge in [0.2, 0.25) is 0 Å². The topological polar surface area (TPSA) is 29.5 Å². The molecule has 1 aliphatic rings. The summed E-state index contributed by atoms with van der Waals surface area (Å²) in [7, 11) is 0. The molecule has 1 fully saturated rings. The molecular formula is C14H28O2. The molecule has 1 rings (SSSR count). The van der Waals surface area contributed by atoms with Gasteiger partial charge < -0.3 is 9.84 Å². The van der Waals surface area contributed by atoms with Crippen molar-refractivity contribution >= 4 is 0 Å². The lowest BCUT2D eigenvalue weighted by molar-refractivity contribution is -0.0394. The molecule has 0 bridgehead atoms. The molecule has 2 unspecified atom stereocenters. The van der Waals surface area contributed by atoms with Gasteiger partial charge in [0.25, 0.3) is 0 Å². The van der Waals surface area contributed by atoms with Crippen LogP contribution in [0.4, 0.5) is 0 Å². The largest absolute Gasteiger partial charge is 0.393 e. The molecule has 2 atom stereocenters. The third kappa shape index (κ3) is 4.84. The van der Waals surface area contributed by atoms with Crippen molar-refractivity contribution in [3.05, 3.63) is 0 Å². The van der Waals surface area contributed by atoms with Crippen molar-refractivity contribution < 1.29 is 9.84 Å². The van der Waals surface area contributed by atoms with Crippen LogP contribution >= 0.6 is 0 Å². The SMILES string of the molecule is CCCC(C)CC(O)CC1CC(OCC)C1. The average molecular weight is 228 g/mol. The van der Waals surface area contributed by atoms with Gasteiger partial charge in [0.1, 0.15) is 0 Å². The van der Waals surface area contributed by atoms with E-state index in [1.807, 2.05) is 0 Å². The van der Waals surface area contributed by atoms with E-state index in [9.17, 15) is 5.11 Å². The average Bonchev–Trinajstić information content (AvgIpc) is 2.14. The quantitative estimate of drug-likeness (QED) is 0.690. The summed E-state index contributed by atoms with van der Waals surface area (Å²) in [4.78, 5) is 0. The highest BCUT2D eigenvalue weighted by molar-refractivity contribution is 4.82. The first-order chi connectivity index (χ1) is 7.65. The molecule has 1 saturated carbocycles.